The molecule has 0 atom stereocenters. The number of nitrogens with zero attached hydrogens (tertiary/aromatic N) is 2. The van der Waals surface area contributed by atoms with Crippen LogP contribution in [0.15, 0.2) is 36.5 Å². The molecule has 0 aliphatic carbocycles. The smallest absolute Gasteiger partial charge is 0.271 e. The lowest BCUT2D eigenvalue weighted by molar-refractivity contribution is -0.144. The third kappa shape index (κ3) is 1.95. The molecule has 0 bridgehead atoms. The van der Waals surface area contributed by atoms with Gasteiger partial charge in [-0.15, -0.1) is 0 Å². The number of para-hydroxylation sites is 1. The molecular weight excluding hydrogens is 228 g/mol. The Morgan fingerprint density at radius 3 is 2.94 bits per heavy atom. The molecule has 2 aromatic rings. The van der Waals surface area contributed by atoms with Crippen LogP contribution in [-0.4, -0.2) is 29.1 Å². The lowest BCUT2D eigenvalue weighted by Gasteiger charge is -2.26. The van der Waals surface area contributed by atoms with Gasteiger partial charge in [0.15, 0.2) is 0 Å². The van der Waals surface area contributed by atoms with Crippen molar-refractivity contribution in [2.75, 3.05) is 13.2 Å². The topological polar surface area (TPSA) is 42.4 Å². The number of amides is 1. The molecule has 0 saturated carbocycles. The highest BCUT2D eigenvalue weighted by Gasteiger charge is 2.21. The highest BCUT2D eigenvalue weighted by molar-refractivity contribution is 6.05. The molecule has 0 spiro atoms. The third-order valence-corrected chi connectivity index (χ3v) is 3.11. The van der Waals surface area contributed by atoms with E-state index in [1.54, 1.807) is 12.3 Å². The molecule has 1 saturated heterocycles. The number of carbonyl (C=O) groups is 1. The fourth-order valence-corrected chi connectivity index (χ4v) is 2.17. The second-order valence-electron chi connectivity index (χ2n) is 4.32. The molecule has 18 heavy (non-hydrogen) atoms. The zero-order chi connectivity index (χ0) is 12.4. The predicted octanol–water partition coefficient (Wildman–Crippen LogP) is 2.40. The summed E-state index contributed by atoms with van der Waals surface area (Å²) in [6, 6.07) is 9.41. The van der Waals surface area contributed by atoms with E-state index in [1.165, 1.54) is 5.06 Å². The largest absolute Gasteiger partial charge is 0.278 e. The van der Waals surface area contributed by atoms with Crippen LogP contribution in [-0.2, 0) is 4.84 Å². The minimum Gasteiger partial charge on any atom is -0.271 e. The van der Waals surface area contributed by atoms with Crippen molar-refractivity contribution in [3.05, 3.63) is 42.1 Å². The average Bonchev–Trinajstić information content (AvgIpc) is 2.47. The normalized spacial score (nSPS) is 15.9. The summed E-state index contributed by atoms with van der Waals surface area (Å²) in [5.41, 5.74) is 1.49. The van der Waals surface area contributed by atoms with Gasteiger partial charge in [-0.2, -0.15) is 0 Å². The van der Waals surface area contributed by atoms with Crippen molar-refractivity contribution in [1.29, 1.82) is 0 Å². The van der Waals surface area contributed by atoms with E-state index in [4.69, 9.17) is 4.84 Å². The van der Waals surface area contributed by atoms with Gasteiger partial charge in [-0.1, -0.05) is 18.2 Å². The highest BCUT2D eigenvalue weighted by Crippen LogP contribution is 2.19. The fraction of sp³-hybridized carbons (Fsp3) is 0.286. The van der Waals surface area contributed by atoms with Gasteiger partial charge in [0, 0.05) is 18.1 Å². The van der Waals surface area contributed by atoms with Crippen molar-refractivity contribution >= 4 is 16.8 Å². The molecule has 1 aliphatic rings. The van der Waals surface area contributed by atoms with E-state index >= 15 is 0 Å². The molecule has 92 valence electrons. The third-order valence-electron chi connectivity index (χ3n) is 3.11. The molecule has 0 unspecified atom stereocenters. The highest BCUT2D eigenvalue weighted by atomic mass is 16.7. The standard InChI is InChI=1S/C14H14N2O2/c17-14(16-9-3-4-10-18-16)12-7-8-15-13-6-2-1-5-11(12)13/h1-2,5-8H,3-4,9-10H2. The van der Waals surface area contributed by atoms with Crippen LogP contribution in [0.2, 0.25) is 0 Å². The van der Waals surface area contributed by atoms with E-state index in [1.807, 2.05) is 24.3 Å². The first-order chi connectivity index (χ1) is 8.86. The van der Waals surface area contributed by atoms with Crippen molar-refractivity contribution in [1.82, 2.24) is 10.0 Å². The lowest BCUT2D eigenvalue weighted by Crippen LogP contribution is -2.35. The first kappa shape index (κ1) is 11.2. The molecule has 0 N–H and O–H groups in total. The monoisotopic (exact) mass is 242 g/mol. The SMILES string of the molecule is O=C(c1ccnc2ccccc12)N1CCCCO1. The quantitative estimate of drug-likeness (QED) is 0.771. The van der Waals surface area contributed by atoms with Gasteiger partial charge in [0.2, 0.25) is 0 Å². The predicted molar refractivity (Wildman–Crippen MR) is 68.0 cm³/mol. The Bertz CT molecular complexity index is 572. The van der Waals surface area contributed by atoms with Crippen molar-refractivity contribution < 1.29 is 9.63 Å². The first-order valence-corrected chi connectivity index (χ1v) is 6.15. The molecule has 1 amide bonds. The molecule has 3 rings (SSSR count). The summed E-state index contributed by atoms with van der Waals surface area (Å²) in [7, 11) is 0. The Morgan fingerprint density at radius 1 is 1.22 bits per heavy atom. The van der Waals surface area contributed by atoms with E-state index in [0.29, 0.717) is 18.7 Å². The Morgan fingerprint density at radius 2 is 2.11 bits per heavy atom. The summed E-state index contributed by atoms with van der Waals surface area (Å²) < 4.78 is 0. The van der Waals surface area contributed by atoms with Crippen LogP contribution in [0.1, 0.15) is 23.2 Å². The van der Waals surface area contributed by atoms with E-state index in [2.05, 4.69) is 4.98 Å². The van der Waals surface area contributed by atoms with E-state index in [9.17, 15) is 4.79 Å². The molecule has 1 aliphatic heterocycles. The van der Waals surface area contributed by atoms with Crippen molar-refractivity contribution in [2.24, 2.45) is 0 Å². The van der Waals surface area contributed by atoms with Crippen LogP contribution in [0.3, 0.4) is 0 Å². The number of hydrogen-bond acceptors (Lipinski definition) is 3. The number of rotatable bonds is 1. The number of pyridine rings is 1. The van der Waals surface area contributed by atoms with Crippen LogP contribution in [0, 0.1) is 0 Å². The number of fused-ring (bicyclic) bond motifs is 1. The Labute approximate surface area is 105 Å². The molecule has 2 heterocycles. The van der Waals surface area contributed by atoms with E-state index in [-0.39, 0.29) is 5.91 Å². The molecular formula is C14H14N2O2. The Kier molecular flexibility index (Phi) is 2.94. The fourth-order valence-electron chi connectivity index (χ4n) is 2.17. The maximum absolute atomic E-state index is 12.4. The second kappa shape index (κ2) is 4.74. The molecule has 1 aromatic heterocycles. The molecule has 4 nitrogen and oxygen atoms in total. The number of benzene rings is 1. The molecule has 1 aromatic carbocycles. The number of carbonyl (C=O) groups excluding carboxylic acids is 1. The van der Waals surface area contributed by atoms with Gasteiger partial charge in [-0.05, 0) is 25.0 Å². The first-order valence-electron chi connectivity index (χ1n) is 6.15. The second-order valence-corrected chi connectivity index (χ2v) is 4.32. The van der Waals surface area contributed by atoms with Crippen LogP contribution >= 0.6 is 0 Å². The Hall–Kier alpha value is -1.94. The minimum absolute atomic E-state index is 0.0756. The van der Waals surface area contributed by atoms with Gasteiger partial charge in [0.1, 0.15) is 0 Å². The van der Waals surface area contributed by atoms with E-state index in [0.717, 1.165) is 23.7 Å². The number of aromatic nitrogens is 1. The van der Waals surface area contributed by atoms with Gasteiger partial charge in [0.25, 0.3) is 5.91 Å². The number of hydroxylamine groups is 2. The molecule has 1 fully saturated rings. The van der Waals surface area contributed by atoms with Gasteiger partial charge in [-0.25, -0.2) is 5.06 Å². The Balaban J connectivity index is 2.00. The summed E-state index contributed by atoms with van der Waals surface area (Å²) >= 11 is 0. The van der Waals surface area contributed by atoms with E-state index < -0.39 is 0 Å². The van der Waals surface area contributed by atoms with Gasteiger partial charge in [-0.3, -0.25) is 14.6 Å². The molecule has 0 radical (unpaired) electrons. The van der Waals surface area contributed by atoms with Gasteiger partial charge < -0.3 is 0 Å². The maximum Gasteiger partial charge on any atom is 0.278 e. The maximum atomic E-state index is 12.4. The minimum atomic E-state index is -0.0756. The van der Waals surface area contributed by atoms with Crippen molar-refractivity contribution in [2.45, 2.75) is 12.8 Å². The van der Waals surface area contributed by atoms with Crippen molar-refractivity contribution in [3.63, 3.8) is 0 Å². The van der Waals surface area contributed by atoms with Crippen LogP contribution in [0.5, 0.6) is 0 Å². The lowest BCUT2D eigenvalue weighted by atomic mass is 10.1. The summed E-state index contributed by atoms with van der Waals surface area (Å²) in [5, 5.41) is 2.34. The zero-order valence-corrected chi connectivity index (χ0v) is 10.0. The summed E-state index contributed by atoms with van der Waals surface area (Å²) in [5.74, 6) is -0.0756. The number of hydrogen-bond donors (Lipinski definition) is 0. The summed E-state index contributed by atoms with van der Waals surface area (Å²) in [6.45, 7) is 1.28. The summed E-state index contributed by atoms with van der Waals surface area (Å²) in [4.78, 5) is 22.1. The zero-order valence-electron chi connectivity index (χ0n) is 10.0. The van der Waals surface area contributed by atoms with Crippen LogP contribution in [0.25, 0.3) is 10.9 Å². The van der Waals surface area contributed by atoms with Gasteiger partial charge in [0.05, 0.1) is 17.7 Å². The summed E-state index contributed by atoms with van der Waals surface area (Å²) in [6.07, 6.45) is 3.68. The average molecular weight is 242 g/mol. The van der Waals surface area contributed by atoms with Crippen LogP contribution < -0.4 is 0 Å². The van der Waals surface area contributed by atoms with Crippen LogP contribution in [0.4, 0.5) is 0 Å². The van der Waals surface area contributed by atoms with Gasteiger partial charge >= 0.3 is 0 Å². The molecule has 4 heteroatoms. The van der Waals surface area contributed by atoms with Crippen molar-refractivity contribution in [3.8, 4) is 0 Å².